The average molecular weight is 430 g/mol. The lowest BCUT2D eigenvalue weighted by Gasteiger charge is -2.08. The molecule has 2 amide bonds. The first-order chi connectivity index (χ1) is 15.2. The van der Waals surface area contributed by atoms with Crippen LogP contribution in [0.25, 0.3) is 10.2 Å². The molecule has 154 valence electrons. The van der Waals surface area contributed by atoms with Crippen molar-refractivity contribution in [2.45, 2.75) is 18.9 Å². The molecule has 2 heterocycles. The maximum atomic E-state index is 12.7. The summed E-state index contributed by atoms with van der Waals surface area (Å²) in [6.45, 7) is 0.422. The van der Waals surface area contributed by atoms with Crippen LogP contribution >= 0.6 is 11.5 Å². The summed E-state index contributed by atoms with van der Waals surface area (Å²) in [5.41, 5.74) is 4.12. The molecule has 4 aromatic rings. The highest BCUT2D eigenvalue weighted by Crippen LogP contribution is 2.48. The number of amides is 2. The lowest BCUT2D eigenvalue weighted by Crippen LogP contribution is -2.23. The zero-order chi connectivity index (χ0) is 21.2. The number of nitrogens with zero attached hydrogens (tertiary/aromatic N) is 3. The summed E-state index contributed by atoms with van der Waals surface area (Å²) in [4.78, 5) is 29.3. The van der Waals surface area contributed by atoms with Crippen molar-refractivity contribution in [2.24, 2.45) is 5.92 Å². The quantitative estimate of drug-likeness (QED) is 0.486. The fourth-order valence-electron chi connectivity index (χ4n) is 3.64. The van der Waals surface area contributed by atoms with Crippen LogP contribution in [-0.2, 0) is 11.3 Å². The third kappa shape index (κ3) is 4.29. The molecule has 2 aromatic carbocycles. The number of hydrogen-bond donors (Lipinski definition) is 2. The van der Waals surface area contributed by atoms with Gasteiger partial charge in [0, 0.05) is 36.1 Å². The van der Waals surface area contributed by atoms with Crippen molar-refractivity contribution in [3.8, 4) is 0 Å². The van der Waals surface area contributed by atoms with Crippen LogP contribution in [0.3, 0.4) is 0 Å². The van der Waals surface area contributed by atoms with Crippen LogP contribution in [0.2, 0.25) is 0 Å². The molecule has 8 heteroatoms. The number of rotatable bonds is 6. The average Bonchev–Trinajstić information content (AvgIpc) is 3.48. The number of fused-ring (bicyclic) bond motifs is 1. The maximum absolute atomic E-state index is 12.7. The Morgan fingerprint density at radius 3 is 2.90 bits per heavy atom. The largest absolute Gasteiger partial charge is 0.348 e. The Kier molecular flexibility index (Phi) is 5.13. The summed E-state index contributed by atoms with van der Waals surface area (Å²) in [6, 6.07) is 16.9. The van der Waals surface area contributed by atoms with Gasteiger partial charge in [0.25, 0.3) is 5.91 Å². The highest BCUT2D eigenvalue weighted by atomic mass is 32.1. The molecule has 0 radical (unpaired) electrons. The summed E-state index contributed by atoms with van der Waals surface area (Å²) >= 11 is 1.30. The molecule has 0 aliphatic heterocycles. The highest BCUT2D eigenvalue weighted by Gasteiger charge is 2.44. The van der Waals surface area contributed by atoms with Gasteiger partial charge >= 0.3 is 0 Å². The van der Waals surface area contributed by atoms with Crippen molar-refractivity contribution >= 4 is 39.3 Å². The number of carbonyl (C=O) groups excluding carboxylic acids is 2. The second kappa shape index (κ2) is 8.23. The Labute approximate surface area is 182 Å². The van der Waals surface area contributed by atoms with Crippen LogP contribution < -0.4 is 10.6 Å². The van der Waals surface area contributed by atoms with E-state index in [-0.39, 0.29) is 23.7 Å². The van der Waals surface area contributed by atoms with Crippen LogP contribution in [0.5, 0.6) is 0 Å². The second-order valence-corrected chi connectivity index (χ2v) is 8.35. The summed E-state index contributed by atoms with van der Waals surface area (Å²) in [5.74, 6) is -0.115. The third-order valence-corrected chi connectivity index (χ3v) is 6.08. The van der Waals surface area contributed by atoms with Gasteiger partial charge in [-0.15, -0.1) is 5.10 Å². The number of pyridine rings is 1. The monoisotopic (exact) mass is 429 g/mol. The molecule has 0 unspecified atom stereocenters. The Balaban J connectivity index is 1.21. The van der Waals surface area contributed by atoms with E-state index in [1.165, 1.54) is 11.5 Å². The van der Waals surface area contributed by atoms with Gasteiger partial charge in [-0.3, -0.25) is 14.6 Å². The van der Waals surface area contributed by atoms with E-state index < -0.39 is 0 Å². The number of benzene rings is 2. The standard InChI is InChI=1S/C23H19N5O2S/c29-22(25-13-14-3-2-8-24-12-14)16-5-1-4-15(9-16)18-11-19(18)23(30)26-17-6-7-20-21(10-17)31-28-27-20/h1-10,12,18-19H,11,13H2,(H,25,29)(H,26,30)/t18-,19+/m0/s1. The number of anilines is 1. The Hall–Kier alpha value is -3.65. The summed E-state index contributed by atoms with van der Waals surface area (Å²) in [5, 5.41) is 9.91. The number of nitrogens with one attached hydrogen (secondary N) is 2. The lowest BCUT2D eigenvalue weighted by molar-refractivity contribution is -0.117. The first-order valence-electron chi connectivity index (χ1n) is 9.97. The summed E-state index contributed by atoms with van der Waals surface area (Å²) < 4.78 is 4.86. The zero-order valence-corrected chi connectivity index (χ0v) is 17.3. The minimum absolute atomic E-state index is 0.00624. The van der Waals surface area contributed by atoms with E-state index in [0.29, 0.717) is 12.1 Å². The molecule has 0 spiro atoms. The number of aromatic nitrogens is 3. The second-order valence-electron chi connectivity index (χ2n) is 7.56. The summed E-state index contributed by atoms with van der Waals surface area (Å²) in [6.07, 6.45) is 4.20. The van der Waals surface area contributed by atoms with Crippen molar-refractivity contribution < 1.29 is 9.59 Å². The number of hydrogen-bond acceptors (Lipinski definition) is 6. The molecule has 2 aromatic heterocycles. The van der Waals surface area contributed by atoms with E-state index in [9.17, 15) is 9.59 Å². The SMILES string of the molecule is O=C(NCc1cccnc1)c1cccc([C@@H]2C[C@H]2C(=O)Nc2ccc3nnsc3c2)c1. The van der Waals surface area contributed by atoms with E-state index in [0.717, 1.165) is 33.5 Å². The molecular weight excluding hydrogens is 410 g/mol. The first-order valence-corrected chi connectivity index (χ1v) is 10.7. The van der Waals surface area contributed by atoms with Gasteiger partial charge in [-0.2, -0.15) is 0 Å². The predicted molar refractivity (Wildman–Crippen MR) is 119 cm³/mol. The molecule has 2 N–H and O–H groups in total. The predicted octanol–water partition coefficient (Wildman–Crippen LogP) is 3.76. The topological polar surface area (TPSA) is 96.9 Å². The summed E-state index contributed by atoms with van der Waals surface area (Å²) in [7, 11) is 0. The molecule has 31 heavy (non-hydrogen) atoms. The molecule has 1 aliphatic rings. The van der Waals surface area contributed by atoms with Crippen molar-refractivity contribution in [1.29, 1.82) is 0 Å². The first kappa shape index (κ1) is 19.3. The van der Waals surface area contributed by atoms with Crippen LogP contribution in [0.4, 0.5) is 5.69 Å². The fourth-order valence-corrected chi connectivity index (χ4v) is 4.24. The van der Waals surface area contributed by atoms with Gasteiger partial charge in [0.1, 0.15) is 5.52 Å². The van der Waals surface area contributed by atoms with Gasteiger partial charge < -0.3 is 10.6 Å². The molecule has 1 saturated carbocycles. The molecule has 0 bridgehead atoms. The normalized spacial score (nSPS) is 17.3. The van der Waals surface area contributed by atoms with Crippen molar-refractivity contribution in [3.63, 3.8) is 0 Å². The molecule has 1 fully saturated rings. The van der Waals surface area contributed by atoms with Gasteiger partial charge in [-0.25, -0.2) is 0 Å². The molecule has 2 atom stereocenters. The Morgan fingerprint density at radius 1 is 1.10 bits per heavy atom. The van der Waals surface area contributed by atoms with Crippen molar-refractivity contribution in [1.82, 2.24) is 19.9 Å². The van der Waals surface area contributed by atoms with Gasteiger partial charge in [-0.1, -0.05) is 22.7 Å². The fraction of sp³-hybridized carbons (Fsp3) is 0.174. The molecule has 5 rings (SSSR count). The van der Waals surface area contributed by atoms with Crippen LogP contribution in [-0.4, -0.2) is 26.4 Å². The van der Waals surface area contributed by atoms with Gasteiger partial charge in [-0.05, 0) is 71.4 Å². The molecule has 0 saturated heterocycles. The third-order valence-electron chi connectivity index (χ3n) is 5.40. The number of carbonyl (C=O) groups is 2. The Bertz CT molecular complexity index is 1260. The van der Waals surface area contributed by atoms with Gasteiger partial charge in [0.05, 0.1) is 4.70 Å². The van der Waals surface area contributed by atoms with E-state index in [2.05, 4.69) is 25.2 Å². The van der Waals surface area contributed by atoms with E-state index in [1.807, 2.05) is 48.5 Å². The van der Waals surface area contributed by atoms with Gasteiger partial charge in [0.2, 0.25) is 5.91 Å². The molecule has 1 aliphatic carbocycles. The van der Waals surface area contributed by atoms with E-state index >= 15 is 0 Å². The Morgan fingerprint density at radius 2 is 2.03 bits per heavy atom. The highest BCUT2D eigenvalue weighted by molar-refractivity contribution is 7.12. The van der Waals surface area contributed by atoms with E-state index in [4.69, 9.17) is 0 Å². The maximum Gasteiger partial charge on any atom is 0.251 e. The van der Waals surface area contributed by atoms with Crippen molar-refractivity contribution in [2.75, 3.05) is 5.32 Å². The molecular formula is C23H19N5O2S. The smallest absolute Gasteiger partial charge is 0.251 e. The van der Waals surface area contributed by atoms with E-state index in [1.54, 1.807) is 18.5 Å². The lowest BCUT2D eigenvalue weighted by atomic mass is 10.0. The zero-order valence-electron chi connectivity index (χ0n) is 16.5. The van der Waals surface area contributed by atoms with Crippen LogP contribution in [0.15, 0.2) is 67.0 Å². The minimum atomic E-state index is -0.140. The molecule has 7 nitrogen and oxygen atoms in total. The van der Waals surface area contributed by atoms with Crippen LogP contribution in [0, 0.1) is 5.92 Å². The van der Waals surface area contributed by atoms with Crippen molar-refractivity contribution in [3.05, 3.63) is 83.7 Å². The van der Waals surface area contributed by atoms with Crippen LogP contribution in [0.1, 0.15) is 33.8 Å². The minimum Gasteiger partial charge on any atom is -0.348 e. The van der Waals surface area contributed by atoms with Gasteiger partial charge in [0.15, 0.2) is 0 Å².